The molecule has 2 rings (SSSR count). The maximum absolute atomic E-state index is 11.7. The molecule has 8 nitrogen and oxygen atoms in total. The fourth-order valence-corrected chi connectivity index (χ4v) is 4.56. The molecule has 0 aliphatic carbocycles. The summed E-state index contributed by atoms with van der Waals surface area (Å²) in [5, 5.41) is 42.4. The fourth-order valence-electron chi connectivity index (χ4n) is 4.56. The van der Waals surface area contributed by atoms with Crippen LogP contribution in [-0.4, -0.2) is 67.5 Å². The van der Waals surface area contributed by atoms with Gasteiger partial charge in [-0.2, -0.15) is 0 Å². The maximum atomic E-state index is 11.7. The quantitative estimate of drug-likeness (QED) is 0.396. The molecule has 2 fully saturated rings. The third kappa shape index (κ3) is 5.60. The Morgan fingerprint density at radius 3 is 2.20 bits per heavy atom. The molecule has 0 aromatic rings. The molecule has 2 heterocycles. The van der Waals surface area contributed by atoms with E-state index in [-0.39, 0.29) is 37.7 Å². The van der Waals surface area contributed by atoms with E-state index in [1.54, 1.807) is 13.8 Å². The monoisotopic (exact) mass is 428 g/mol. The molecule has 0 saturated carbocycles. The van der Waals surface area contributed by atoms with Crippen LogP contribution in [0.3, 0.4) is 0 Å². The van der Waals surface area contributed by atoms with Crippen molar-refractivity contribution in [2.45, 2.75) is 108 Å². The highest BCUT2D eigenvalue weighted by Crippen LogP contribution is 2.42. The molecule has 8 heteroatoms. The first-order valence-corrected chi connectivity index (χ1v) is 10.6. The molecule has 0 aromatic heterocycles. The van der Waals surface area contributed by atoms with Gasteiger partial charge in [0.2, 0.25) is 0 Å². The number of rotatable bonds is 3. The average molecular weight is 429 g/mol. The van der Waals surface area contributed by atoms with Crippen molar-refractivity contribution < 1.29 is 39.5 Å². The molecule has 0 unspecified atom stereocenters. The fraction of sp³-hybridized carbons (Fsp3) is 0.818. The van der Waals surface area contributed by atoms with Crippen molar-refractivity contribution in [3.63, 3.8) is 0 Å². The number of hydrogen-bond donors (Lipinski definition) is 4. The number of carbonyl (C=O) groups is 2. The molecule has 2 bridgehead atoms. The van der Waals surface area contributed by atoms with E-state index in [1.807, 2.05) is 0 Å². The molecule has 7 atom stereocenters. The summed E-state index contributed by atoms with van der Waals surface area (Å²) in [6.45, 7) is 9.86. The number of carbonyl (C=O) groups excluding carboxylic acids is 1. The molecule has 0 amide bonds. The summed E-state index contributed by atoms with van der Waals surface area (Å²) in [5.74, 6) is -2.39. The van der Waals surface area contributed by atoms with E-state index in [0.717, 1.165) is 0 Å². The first-order valence-electron chi connectivity index (χ1n) is 10.6. The third-order valence-corrected chi connectivity index (χ3v) is 6.90. The van der Waals surface area contributed by atoms with E-state index >= 15 is 0 Å². The predicted octanol–water partition coefficient (Wildman–Crippen LogP) is 1.94. The van der Waals surface area contributed by atoms with E-state index in [4.69, 9.17) is 9.47 Å². The summed E-state index contributed by atoms with van der Waals surface area (Å²) in [6, 6.07) is 0. The summed E-state index contributed by atoms with van der Waals surface area (Å²) >= 11 is 0. The first kappa shape index (κ1) is 24.8. The molecule has 2 saturated heterocycles. The zero-order valence-corrected chi connectivity index (χ0v) is 18.4. The van der Waals surface area contributed by atoms with Crippen molar-refractivity contribution in [2.24, 2.45) is 5.92 Å². The highest BCUT2D eigenvalue weighted by Gasteiger charge is 2.49. The van der Waals surface area contributed by atoms with Gasteiger partial charge in [-0.1, -0.05) is 6.58 Å². The van der Waals surface area contributed by atoms with Gasteiger partial charge < -0.3 is 29.9 Å². The molecule has 2 aliphatic rings. The summed E-state index contributed by atoms with van der Waals surface area (Å²) in [4.78, 5) is 23.3. The largest absolute Gasteiger partial charge is 0.478 e. The van der Waals surface area contributed by atoms with Crippen LogP contribution in [0.4, 0.5) is 0 Å². The Morgan fingerprint density at radius 2 is 1.63 bits per heavy atom. The van der Waals surface area contributed by atoms with Gasteiger partial charge >= 0.3 is 11.9 Å². The number of hydrogen-bond acceptors (Lipinski definition) is 7. The standard InChI is InChI=1S/C22H36O8/c1-13(19(25)26)15-6-9-20(3,27)17-8-11-22(5,30-17)16(24)7-10-21(4,28)18(12-15)29-14(2)23/h15-18,24,27-28H,1,6-12H2,2-5H3,(H,25,26)/t15-,16+,17+,18+,20-,21+,22-/m1/s1. The lowest BCUT2D eigenvalue weighted by Gasteiger charge is -2.36. The number of aliphatic hydroxyl groups excluding tert-OH is 1. The van der Waals surface area contributed by atoms with Crippen molar-refractivity contribution in [2.75, 3.05) is 0 Å². The number of esters is 1. The van der Waals surface area contributed by atoms with Crippen LogP contribution in [0.25, 0.3) is 0 Å². The smallest absolute Gasteiger partial charge is 0.331 e. The van der Waals surface area contributed by atoms with Gasteiger partial charge in [-0.3, -0.25) is 4.79 Å². The van der Waals surface area contributed by atoms with Gasteiger partial charge in [-0.05, 0) is 71.6 Å². The molecule has 0 aromatic carbocycles. The predicted molar refractivity (Wildman–Crippen MR) is 109 cm³/mol. The van der Waals surface area contributed by atoms with Crippen molar-refractivity contribution in [3.05, 3.63) is 12.2 Å². The molecule has 0 radical (unpaired) electrons. The van der Waals surface area contributed by atoms with E-state index in [9.17, 15) is 30.0 Å². The van der Waals surface area contributed by atoms with Crippen molar-refractivity contribution in [1.29, 1.82) is 0 Å². The Labute approximate surface area is 177 Å². The van der Waals surface area contributed by atoms with Gasteiger partial charge in [0.05, 0.1) is 29.0 Å². The van der Waals surface area contributed by atoms with Crippen LogP contribution in [0.1, 0.15) is 72.6 Å². The van der Waals surface area contributed by atoms with Gasteiger partial charge in [0, 0.05) is 12.5 Å². The first-order chi connectivity index (χ1) is 13.7. The van der Waals surface area contributed by atoms with E-state index < -0.39 is 53.0 Å². The average Bonchev–Trinajstić information content (AvgIpc) is 3.05. The van der Waals surface area contributed by atoms with Crippen LogP contribution in [0.2, 0.25) is 0 Å². The molecule has 30 heavy (non-hydrogen) atoms. The highest BCUT2D eigenvalue weighted by molar-refractivity contribution is 5.86. The SMILES string of the molecule is C=C(C(=O)O)[C@@H]1CC[C@@](C)(O)[C@@H]2CC[C@@](C)(O2)[C@@H](O)CC[C@](C)(O)[C@@H](OC(C)=O)C1. The molecular weight excluding hydrogens is 392 g/mol. The number of aliphatic carboxylic acids is 1. The number of fused-ring (bicyclic) bond motifs is 2. The minimum absolute atomic E-state index is 0.0483. The Balaban J connectivity index is 2.41. The topological polar surface area (TPSA) is 134 Å². The van der Waals surface area contributed by atoms with Crippen molar-refractivity contribution >= 4 is 11.9 Å². The number of carboxylic acids is 1. The molecule has 4 N–H and O–H groups in total. The normalized spacial score (nSPS) is 43.0. The van der Waals surface area contributed by atoms with Gasteiger partial charge in [0.15, 0.2) is 0 Å². The molecule has 0 spiro atoms. The van der Waals surface area contributed by atoms with Crippen LogP contribution in [-0.2, 0) is 19.1 Å². The second-order valence-electron chi connectivity index (χ2n) is 9.63. The summed E-state index contributed by atoms with van der Waals surface area (Å²) in [7, 11) is 0. The van der Waals surface area contributed by atoms with Crippen LogP contribution < -0.4 is 0 Å². The Hall–Kier alpha value is -1.48. The van der Waals surface area contributed by atoms with Gasteiger partial charge in [-0.15, -0.1) is 0 Å². The van der Waals surface area contributed by atoms with Crippen LogP contribution in [0.15, 0.2) is 12.2 Å². The lowest BCUT2D eigenvalue weighted by Crippen LogP contribution is -2.46. The summed E-state index contributed by atoms with van der Waals surface area (Å²) in [5.41, 5.74) is -3.65. The number of aliphatic hydroxyl groups is 3. The molecule has 2 aliphatic heterocycles. The Bertz CT molecular complexity index is 670. The molecular formula is C22H36O8. The van der Waals surface area contributed by atoms with Crippen LogP contribution in [0.5, 0.6) is 0 Å². The van der Waals surface area contributed by atoms with E-state index in [2.05, 4.69) is 6.58 Å². The van der Waals surface area contributed by atoms with E-state index in [0.29, 0.717) is 12.8 Å². The number of carboxylic acid groups (broad SMARTS) is 1. The maximum Gasteiger partial charge on any atom is 0.331 e. The van der Waals surface area contributed by atoms with Crippen molar-refractivity contribution in [3.8, 4) is 0 Å². The zero-order valence-electron chi connectivity index (χ0n) is 18.4. The van der Waals surface area contributed by atoms with Crippen LogP contribution in [0, 0.1) is 5.92 Å². The second-order valence-corrected chi connectivity index (χ2v) is 9.63. The third-order valence-electron chi connectivity index (χ3n) is 6.90. The summed E-state index contributed by atoms with van der Waals surface area (Å²) in [6.07, 6.45) is -0.380. The Kier molecular flexibility index (Phi) is 7.39. The Morgan fingerprint density at radius 1 is 1.03 bits per heavy atom. The minimum atomic E-state index is -1.49. The van der Waals surface area contributed by atoms with Crippen LogP contribution >= 0.6 is 0 Å². The van der Waals surface area contributed by atoms with E-state index in [1.165, 1.54) is 13.8 Å². The zero-order chi connectivity index (χ0) is 22.9. The lowest BCUT2D eigenvalue weighted by atomic mass is 9.78. The second kappa shape index (κ2) is 8.94. The minimum Gasteiger partial charge on any atom is -0.478 e. The van der Waals surface area contributed by atoms with Crippen molar-refractivity contribution in [1.82, 2.24) is 0 Å². The number of ether oxygens (including phenoxy) is 2. The van der Waals surface area contributed by atoms with Gasteiger partial charge in [-0.25, -0.2) is 4.79 Å². The lowest BCUT2D eigenvalue weighted by molar-refractivity contribution is -0.169. The van der Waals surface area contributed by atoms with Gasteiger partial charge in [0.1, 0.15) is 6.10 Å². The molecule has 172 valence electrons. The summed E-state index contributed by atoms with van der Waals surface area (Å²) < 4.78 is 11.5. The highest BCUT2D eigenvalue weighted by atomic mass is 16.6. The van der Waals surface area contributed by atoms with Gasteiger partial charge in [0.25, 0.3) is 0 Å².